The highest BCUT2D eigenvalue weighted by atomic mass is 32.1. The lowest BCUT2D eigenvalue weighted by Crippen LogP contribution is -2.29. The second-order valence-electron chi connectivity index (χ2n) is 9.00. The summed E-state index contributed by atoms with van der Waals surface area (Å²) in [4.78, 5) is 49.2. The highest BCUT2D eigenvalue weighted by Gasteiger charge is 2.48. The minimum Gasteiger partial charge on any atom is -0.507 e. The molecule has 0 radical (unpaired) electrons. The summed E-state index contributed by atoms with van der Waals surface area (Å²) < 4.78 is 16.6. The number of aryl methyl sites for hydroxylation is 1. The number of thiazole rings is 1. The van der Waals surface area contributed by atoms with Crippen molar-refractivity contribution in [1.82, 2.24) is 9.97 Å². The first-order chi connectivity index (χ1) is 19.3. The normalized spacial score (nSPS) is 16.3. The van der Waals surface area contributed by atoms with Gasteiger partial charge in [-0.15, -0.1) is 0 Å². The molecule has 1 aromatic carbocycles. The molecule has 1 fully saturated rings. The number of methoxy groups -OCH3 is 1. The van der Waals surface area contributed by atoms with Crippen molar-refractivity contribution in [2.45, 2.75) is 46.1 Å². The summed E-state index contributed by atoms with van der Waals surface area (Å²) in [5, 5.41) is 11.4. The van der Waals surface area contributed by atoms with E-state index in [4.69, 9.17) is 14.2 Å². The smallest absolute Gasteiger partial charge is 0.350 e. The molecule has 1 amide bonds. The second kappa shape index (κ2) is 12.7. The van der Waals surface area contributed by atoms with Gasteiger partial charge < -0.3 is 19.3 Å². The van der Waals surface area contributed by atoms with Crippen molar-refractivity contribution in [2.24, 2.45) is 0 Å². The van der Waals surface area contributed by atoms with Crippen LogP contribution in [0.1, 0.15) is 65.6 Å². The highest BCUT2D eigenvalue weighted by Crippen LogP contribution is 2.45. The Morgan fingerprint density at radius 1 is 1.10 bits per heavy atom. The number of anilines is 1. The van der Waals surface area contributed by atoms with E-state index >= 15 is 0 Å². The zero-order valence-corrected chi connectivity index (χ0v) is 23.6. The molecule has 0 aliphatic carbocycles. The van der Waals surface area contributed by atoms with Crippen LogP contribution in [-0.4, -0.2) is 53.1 Å². The van der Waals surface area contributed by atoms with E-state index in [2.05, 4.69) is 16.9 Å². The zero-order valence-electron chi connectivity index (χ0n) is 22.8. The molecule has 1 atom stereocenters. The molecule has 40 heavy (non-hydrogen) atoms. The number of benzene rings is 1. The van der Waals surface area contributed by atoms with E-state index in [0.717, 1.165) is 30.6 Å². The number of aliphatic hydroxyl groups excluding tert-OH is 1. The first-order valence-corrected chi connectivity index (χ1v) is 13.8. The van der Waals surface area contributed by atoms with E-state index < -0.39 is 23.7 Å². The Balaban J connectivity index is 1.85. The van der Waals surface area contributed by atoms with E-state index in [1.165, 1.54) is 24.4 Å². The van der Waals surface area contributed by atoms with E-state index in [0.29, 0.717) is 34.9 Å². The maximum atomic E-state index is 13.5. The molecule has 2 aromatic heterocycles. The van der Waals surface area contributed by atoms with E-state index in [1.807, 2.05) is 0 Å². The quantitative estimate of drug-likeness (QED) is 0.109. The standard InChI is InChI=1S/C29H31N3O7S/c1-5-7-8-15-39-20-10-9-19(16-21(20)37-4)23-22(24(33)18-11-13-30-14-12-18)25(34)27(35)32(23)29-31-17(3)26(40-29)28(36)38-6-2/h9-14,16,23,33H,5-8,15H2,1-4H3. The van der Waals surface area contributed by atoms with Gasteiger partial charge in [-0.3, -0.25) is 19.5 Å². The summed E-state index contributed by atoms with van der Waals surface area (Å²) >= 11 is 0.944. The Hall–Kier alpha value is -4.25. The summed E-state index contributed by atoms with van der Waals surface area (Å²) in [5.41, 5.74) is 1.04. The van der Waals surface area contributed by atoms with Crippen LogP contribution in [0.5, 0.6) is 11.5 Å². The minimum atomic E-state index is -1.06. The molecule has 0 bridgehead atoms. The van der Waals surface area contributed by atoms with Crippen LogP contribution in [-0.2, 0) is 14.3 Å². The number of esters is 1. The molecule has 11 heteroatoms. The van der Waals surface area contributed by atoms with Gasteiger partial charge in [0.05, 0.1) is 37.6 Å². The third-order valence-corrected chi connectivity index (χ3v) is 7.50. The largest absolute Gasteiger partial charge is 0.507 e. The Kier molecular flexibility index (Phi) is 9.15. The number of nitrogens with zero attached hydrogens (tertiary/aromatic N) is 3. The predicted octanol–water partition coefficient (Wildman–Crippen LogP) is 5.23. The molecule has 3 aromatic rings. The summed E-state index contributed by atoms with van der Waals surface area (Å²) in [5.74, 6) is -1.77. The fourth-order valence-electron chi connectivity index (χ4n) is 4.39. The van der Waals surface area contributed by atoms with Crippen molar-refractivity contribution in [3.05, 3.63) is 70.0 Å². The van der Waals surface area contributed by atoms with Crippen LogP contribution in [0, 0.1) is 6.92 Å². The second-order valence-corrected chi connectivity index (χ2v) is 9.98. The number of Topliss-reactive ketones (excluding diaryl/α,β-unsaturated/α-hetero) is 1. The Labute approximate surface area is 236 Å². The maximum absolute atomic E-state index is 13.5. The van der Waals surface area contributed by atoms with Gasteiger partial charge in [0.15, 0.2) is 16.6 Å². The number of hydrogen-bond donors (Lipinski definition) is 1. The molecule has 1 N–H and O–H groups in total. The van der Waals surface area contributed by atoms with Gasteiger partial charge in [-0.05, 0) is 50.1 Å². The zero-order chi connectivity index (χ0) is 28.8. The molecule has 1 aliphatic heterocycles. The number of carbonyl (C=O) groups is 3. The number of amides is 1. The van der Waals surface area contributed by atoms with Gasteiger partial charge in [0.2, 0.25) is 0 Å². The molecule has 10 nitrogen and oxygen atoms in total. The lowest BCUT2D eigenvalue weighted by atomic mass is 9.95. The first kappa shape index (κ1) is 28.8. The monoisotopic (exact) mass is 565 g/mol. The van der Waals surface area contributed by atoms with E-state index in [9.17, 15) is 19.5 Å². The summed E-state index contributed by atoms with van der Waals surface area (Å²) in [6.07, 6.45) is 5.93. The number of unbranched alkanes of at least 4 members (excludes halogenated alkanes) is 2. The predicted molar refractivity (Wildman–Crippen MR) is 150 cm³/mol. The highest BCUT2D eigenvalue weighted by molar-refractivity contribution is 7.17. The molecule has 0 saturated carbocycles. The van der Waals surface area contributed by atoms with Gasteiger partial charge in [0, 0.05) is 18.0 Å². The number of aromatic nitrogens is 2. The molecule has 210 valence electrons. The maximum Gasteiger partial charge on any atom is 0.350 e. The van der Waals surface area contributed by atoms with E-state index in [-0.39, 0.29) is 27.9 Å². The van der Waals surface area contributed by atoms with Crippen LogP contribution in [0.2, 0.25) is 0 Å². The number of aliphatic hydroxyl groups is 1. The third-order valence-electron chi connectivity index (χ3n) is 6.36. The topological polar surface area (TPSA) is 128 Å². The number of carbonyl (C=O) groups excluding carboxylic acids is 3. The van der Waals surface area contributed by atoms with Crippen molar-refractivity contribution in [3.8, 4) is 11.5 Å². The van der Waals surface area contributed by atoms with Crippen LogP contribution in [0.25, 0.3) is 5.76 Å². The molecular weight excluding hydrogens is 534 g/mol. The van der Waals surface area contributed by atoms with E-state index in [1.54, 1.807) is 44.2 Å². The Morgan fingerprint density at radius 3 is 2.52 bits per heavy atom. The molecular formula is C29H31N3O7S. The first-order valence-electron chi connectivity index (χ1n) is 13.0. The van der Waals surface area contributed by atoms with Gasteiger partial charge in [0.1, 0.15) is 10.6 Å². The van der Waals surface area contributed by atoms with Gasteiger partial charge >= 0.3 is 11.9 Å². The van der Waals surface area contributed by atoms with Gasteiger partial charge in [-0.2, -0.15) is 0 Å². The minimum absolute atomic E-state index is 0.125. The van der Waals surface area contributed by atoms with Crippen molar-refractivity contribution in [2.75, 3.05) is 25.2 Å². The fraction of sp³-hybridized carbons (Fsp3) is 0.345. The Morgan fingerprint density at radius 2 is 1.85 bits per heavy atom. The van der Waals surface area contributed by atoms with Gasteiger partial charge in [-0.1, -0.05) is 37.2 Å². The lowest BCUT2D eigenvalue weighted by molar-refractivity contribution is -0.132. The van der Waals surface area contributed by atoms with Crippen LogP contribution in [0.15, 0.2) is 48.3 Å². The van der Waals surface area contributed by atoms with Crippen molar-refractivity contribution in [1.29, 1.82) is 0 Å². The number of pyridine rings is 1. The summed E-state index contributed by atoms with van der Waals surface area (Å²) in [7, 11) is 1.50. The fourth-order valence-corrected chi connectivity index (χ4v) is 5.38. The van der Waals surface area contributed by atoms with Crippen molar-refractivity contribution < 1.29 is 33.7 Å². The third kappa shape index (κ3) is 5.69. The number of ether oxygens (including phenoxy) is 3. The number of ketones is 1. The summed E-state index contributed by atoms with van der Waals surface area (Å²) in [6, 6.07) is 7.12. The van der Waals surface area contributed by atoms with Gasteiger partial charge in [0.25, 0.3) is 5.78 Å². The number of hydrogen-bond acceptors (Lipinski definition) is 10. The average Bonchev–Trinajstić information content (AvgIpc) is 3.47. The van der Waals surface area contributed by atoms with Gasteiger partial charge in [-0.25, -0.2) is 9.78 Å². The van der Waals surface area contributed by atoms with Crippen LogP contribution >= 0.6 is 11.3 Å². The summed E-state index contributed by atoms with van der Waals surface area (Å²) in [6.45, 7) is 6.12. The van der Waals surface area contributed by atoms with Crippen LogP contribution < -0.4 is 14.4 Å². The molecule has 4 rings (SSSR count). The van der Waals surface area contributed by atoms with Crippen molar-refractivity contribution >= 4 is 39.9 Å². The average molecular weight is 566 g/mol. The lowest BCUT2D eigenvalue weighted by Gasteiger charge is -2.24. The van der Waals surface area contributed by atoms with Crippen LogP contribution in [0.3, 0.4) is 0 Å². The Bertz CT molecular complexity index is 1430. The molecule has 1 aliphatic rings. The SMILES string of the molecule is CCCCCOc1ccc(C2C(=C(O)c3ccncc3)C(=O)C(=O)N2c2nc(C)c(C(=O)OCC)s2)cc1OC. The number of rotatable bonds is 11. The molecule has 0 spiro atoms. The van der Waals surface area contributed by atoms with Crippen LogP contribution in [0.4, 0.5) is 5.13 Å². The molecule has 1 saturated heterocycles. The molecule has 1 unspecified atom stereocenters. The molecule has 3 heterocycles. The van der Waals surface area contributed by atoms with Crippen molar-refractivity contribution in [3.63, 3.8) is 0 Å².